The minimum atomic E-state index is -0.522. The molecule has 0 saturated heterocycles. The fraction of sp³-hybridized carbons (Fsp3) is 0.250. The van der Waals surface area contributed by atoms with Crippen LogP contribution in [0.25, 0.3) is 11.3 Å². The molecule has 0 atom stereocenters. The van der Waals surface area contributed by atoms with Crippen LogP contribution in [0.15, 0.2) is 40.3 Å². The van der Waals surface area contributed by atoms with Gasteiger partial charge in [-0.25, -0.2) is 4.98 Å². The van der Waals surface area contributed by atoms with E-state index in [9.17, 15) is 14.9 Å². The predicted octanol–water partition coefficient (Wildman–Crippen LogP) is 2.35. The van der Waals surface area contributed by atoms with Gasteiger partial charge in [0.25, 0.3) is 5.56 Å². The molecule has 1 heterocycles. The van der Waals surface area contributed by atoms with E-state index in [2.05, 4.69) is 9.97 Å². The average Bonchev–Trinajstić information content (AvgIpc) is 2.58. The fourth-order valence-electron chi connectivity index (χ4n) is 1.81. The number of carbonyl (C=O) groups is 1. The third-order valence-corrected chi connectivity index (χ3v) is 3.70. The van der Waals surface area contributed by atoms with Crippen molar-refractivity contribution >= 4 is 17.7 Å². The maximum atomic E-state index is 12.0. The second-order valence-corrected chi connectivity index (χ2v) is 5.55. The van der Waals surface area contributed by atoms with Crippen LogP contribution < -0.4 is 5.56 Å². The predicted molar refractivity (Wildman–Crippen MR) is 87.0 cm³/mol. The lowest BCUT2D eigenvalue weighted by Crippen LogP contribution is -2.16. The molecule has 0 saturated carbocycles. The molecule has 1 aromatic carbocycles. The largest absolute Gasteiger partial charge is 0.465 e. The van der Waals surface area contributed by atoms with Crippen LogP contribution in [0.1, 0.15) is 18.9 Å². The first kappa shape index (κ1) is 16.8. The van der Waals surface area contributed by atoms with Crippen molar-refractivity contribution in [1.29, 1.82) is 5.26 Å². The first-order valence-corrected chi connectivity index (χ1v) is 8.02. The third-order valence-electron chi connectivity index (χ3n) is 2.85. The number of nitriles is 1. The maximum Gasteiger partial charge on any atom is 0.316 e. The summed E-state index contributed by atoms with van der Waals surface area (Å²) in [6, 6.07) is 10.9. The number of carbonyl (C=O) groups excluding carboxylic acids is 1. The summed E-state index contributed by atoms with van der Waals surface area (Å²) in [6.07, 6.45) is 0.751. The molecule has 0 spiro atoms. The van der Waals surface area contributed by atoms with Crippen LogP contribution in [0.4, 0.5) is 0 Å². The van der Waals surface area contributed by atoms with Crippen molar-refractivity contribution in [3.63, 3.8) is 0 Å². The molecule has 0 aliphatic carbocycles. The molecule has 7 heteroatoms. The van der Waals surface area contributed by atoms with Crippen LogP contribution in [-0.2, 0) is 9.53 Å². The Labute approximate surface area is 137 Å². The van der Waals surface area contributed by atoms with E-state index in [1.807, 2.05) is 19.1 Å². The van der Waals surface area contributed by atoms with E-state index in [1.54, 1.807) is 24.3 Å². The van der Waals surface area contributed by atoms with Crippen molar-refractivity contribution in [2.45, 2.75) is 18.5 Å². The number of hydrogen-bond acceptors (Lipinski definition) is 6. The number of ether oxygens (including phenoxy) is 1. The molecular formula is C16H15N3O3S. The molecule has 1 N–H and O–H groups in total. The van der Waals surface area contributed by atoms with Gasteiger partial charge in [-0.3, -0.25) is 9.59 Å². The van der Waals surface area contributed by atoms with Crippen LogP contribution in [-0.4, -0.2) is 28.3 Å². The summed E-state index contributed by atoms with van der Waals surface area (Å²) >= 11 is 1.07. The molecule has 1 aromatic heterocycles. The molecule has 23 heavy (non-hydrogen) atoms. The summed E-state index contributed by atoms with van der Waals surface area (Å²) < 4.78 is 4.97. The van der Waals surface area contributed by atoms with Crippen molar-refractivity contribution in [3.05, 3.63) is 46.2 Å². The van der Waals surface area contributed by atoms with Crippen molar-refractivity contribution in [2.75, 3.05) is 12.4 Å². The number of rotatable bonds is 6. The van der Waals surface area contributed by atoms with Crippen LogP contribution in [0.2, 0.25) is 0 Å². The van der Waals surface area contributed by atoms with Gasteiger partial charge in [-0.1, -0.05) is 49.0 Å². The molecule has 2 aromatic rings. The number of esters is 1. The lowest BCUT2D eigenvalue weighted by molar-refractivity contribution is -0.140. The van der Waals surface area contributed by atoms with E-state index < -0.39 is 5.56 Å². The number of aromatic amines is 1. The number of H-pyrrole nitrogens is 1. The zero-order chi connectivity index (χ0) is 16.7. The molecule has 118 valence electrons. The van der Waals surface area contributed by atoms with Gasteiger partial charge in [0, 0.05) is 5.56 Å². The molecule has 0 amide bonds. The first-order chi connectivity index (χ1) is 11.2. The van der Waals surface area contributed by atoms with Gasteiger partial charge in [0.2, 0.25) is 0 Å². The summed E-state index contributed by atoms with van der Waals surface area (Å²) in [7, 11) is 0. The molecule has 6 nitrogen and oxygen atoms in total. The van der Waals surface area contributed by atoms with Gasteiger partial charge in [0.15, 0.2) is 5.16 Å². The minimum absolute atomic E-state index is 0.0447. The Morgan fingerprint density at radius 3 is 2.78 bits per heavy atom. The van der Waals surface area contributed by atoms with Crippen molar-refractivity contribution in [3.8, 4) is 17.3 Å². The van der Waals surface area contributed by atoms with Crippen molar-refractivity contribution < 1.29 is 9.53 Å². The van der Waals surface area contributed by atoms with Crippen LogP contribution in [0, 0.1) is 11.3 Å². The highest BCUT2D eigenvalue weighted by Crippen LogP contribution is 2.21. The smallest absolute Gasteiger partial charge is 0.316 e. The third kappa shape index (κ3) is 4.44. The SMILES string of the molecule is CCCOC(=O)CSc1nc(-c2ccccc2)c(C#N)c(=O)[nH]1. The van der Waals surface area contributed by atoms with Gasteiger partial charge in [-0.15, -0.1) is 0 Å². The summed E-state index contributed by atoms with van der Waals surface area (Å²) in [6.45, 7) is 2.28. The zero-order valence-electron chi connectivity index (χ0n) is 12.5. The zero-order valence-corrected chi connectivity index (χ0v) is 13.4. The molecule has 2 rings (SSSR count). The van der Waals surface area contributed by atoms with Gasteiger partial charge in [0.05, 0.1) is 18.1 Å². The Kier molecular flexibility index (Phi) is 5.94. The van der Waals surface area contributed by atoms with E-state index in [4.69, 9.17) is 4.74 Å². The fourth-order valence-corrected chi connectivity index (χ4v) is 2.47. The summed E-state index contributed by atoms with van der Waals surface area (Å²) in [5.74, 6) is -0.326. The van der Waals surface area contributed by atoms with E-state index in [-0.39, 0.29) is 22.4 Å². The van der Waals surface area contributed by atoms with Crippen LogP contribution in [0.3, 0.4) is 0 Å². The average molecular weight is 329 g/mol. The number of aromatic nitrogens is 2. The van der Waals surface area contributed by atoms with Crippen molar-refractivity contribution in [2.24, 2.45) is 0 Å². The maximum absolute atomic E-state index is 12.0. The molecule has 0 unspecified atom stereocenters. The minimum Gasteiger partial charge on any atom is -0.465 e. The summed E-state index contributed by atoms with van der Waals surface area (Å²) in [5.41, 5.74) is 0.409. The molecular weight excluding hydrogens is 314 g/mol. The number of benzene rings is 1. The van der Waals surface area contributed by atoms with Gasteiger partial charge >= 0.3 is 5.97 Å². The summed E-state index contributed by atoms with van der Waals surface area (Å²) in [4.78, 5) is 30.4. The molecule has 0 aliphatic rings. The molecule has 0 radical (unpaired) electrons. The Balaban J connectivity index is 2.26. The highest BCUT2D eigenvalue weighted by atomic mass is 32.2. The first-order valence-electron chi connectivity index (χ1n) is 7.04. The number of nitrogens with zero attached hydrogens (tertiary/aromatic N) is 2. The second kappa shape index (κ2) is 8.15. The lowest BCUT2D eigenvalue weighted by atomic mass is 10.1. The lowest BCUT2D eigenvalue weighted by Gasteiger charge is -2.06. The van der Waals surface area contributed by atoms with E-state index >= 15 is 0 Å². The second-order valence-electron chi connectivity index (χ2n) is 4.58. The van der Waals surface area contributed by atoms with Crippen molar-refractivity contribution in [1.82, 2.24) is 9.97 Å². The van der Waals surface area contributed by atoms with Gasteiger partial charge in [-0.2, -0.15) is 5.26 Å². The van der Waals surface area contributed by atoms with E-state index in [0.29, 0.717) is 17.9 Å². The van der Waals surface area contributed by atoms with Crippen LogP contribution >= 0.6 is 11.8 Å². The number of thioether (sulfide) groups is 1. The molecule has 0 fully saturated rings. The van der Waals surface area contributed by atoms with Gasteiger partial charge in [-0.05, 0) is 6.42 Å². The Morgan fingerprint density at radius 2 is 2.13 bits per heavy atom. The molecule has 0 bridgehead atoms. The number of hydrogen-bond donors (Lipinski definition) is 1. The normalized spacial score (nSPS) is 10.1. The summed E-state index contributed by atoms with van der Waals surface area (Å²) in [5, 5.41) is 9.45. The highest BCUT2D eigenvalue weighted by Gasteiger charge is 2.14. The monoisotopic (exact) mass is 329 g/mol. The Bertz CT molecular complexity index is 781. The highest BCUT2D eigenvalue weighted by molar-refractivity contribution is 7.99. The molecule has 0 aliphatic heterocycles. The Hall–Kier alpha value is -2.59. The standard InChI is InChI=1S/C16H15N3O3S/c1-2-8-22-13(20)10-23-16-18-14(11-6-4-3-5-7-11)12(9-17)15(21)19-16/h3-7H,2,8,10H2,1H3,(H,18,19,21). The number of nitrogens with one attached hydrogen (secondary N) is 1. The van der Waals surface area contributed by atoms with Gasteiger partial charge < -0.3 is 9.72 Å². The Morgan fingerprint density at radius 1 is 1.39 bits per heavy atom. The quantitative estimate of drug-likeness (QED) is 0.496. The van der Waals surface area contributed by atoms with Gasteiger partial charge in [0.1, 0.15) is 11.6 Å². The van der Waals surface area contributed by atoms with E-state index in [1.165, 1.54) is 0 Å². The topological polar surface area (TPSA) is 95.8 Å². The van der Waals surface area contributed by atoms with Crippen LogP contribution in [0.5, 0.6) is 0 Å². The van der Waals surface area contributed by atoms with E-state index in [0.717, 1.165) is 18.2 Å².